The monoisotopic (exact) mass is 290 g/mol. The van der Waals surface area contributed by atoms with Gasteiger partial charge in [-0.25, -0.2) is 0 Å². The lowest BCUT2D eigenvalue weighted by Crippen LogP contribution is -1.99. The van der Waals surface area contributed by atoms with Crippen molar-refractivity contribution >= 4 is 11.4 Å². The third-order valence-corrected chi connectivity index (χ3v) is 3.49. The van der Waals surface area contributed by atoms with E-state index in [1.54, 1.807) is 0 Å². The molecule has 0 heterocycles. The average Bonchev–Trinajstić information content (AvgIpc) is 2.55. The number of nitrogen functional groups attached to an aromatic ring is 2. The molecule has 4 N–H and O–H groups in total. The third kappa shape index (κ3) is 3.04. The molecule has 0 aliphatic heterocycles. The smallest absolute Gasteiger partial charge is 0.129 e. The number of rotatable bonds is 4. The SMILES string of the molecule is Nc1ccc(-c2c(N)cccc2OCc2ccccc2)cc1. The molecule has 0 saturated carbocycles. The molecule has 0 unspecified atom stereocenters. The lowest BCUT2D eigenvalue weighted by atomic mass is 10.0. The molecule has 3 aromatic rings. The number of benzene rings is 3. The summed E-state index contributed by atoms with van der Waals surface area (Å²) in [6.07, 6.45) is 0. The molecule has 0 aliphatic carbocycles. The van der Waals surface area contributed by atoms with Crippen molar-refractivity contribution in [2.45, 2.75) is 6.61 Å². The molecule has 3 nitrogen and oxygen atoms in total. The summed E-state index contributed by atoms with van der Waals surface area (Å²) in [5, 5.41) is 0. The van der Waals surface area contributed by atoms with Gasteiger partial charge in [0.1, 0.15) is 12.4 Å². The molecule has 0 aromatic heterocycles. The Kier molecular flexibility index (Phi) is 3.97. The zero-order valence-corrected chi connectivity index (χ0v) is 12.2. The quantitative estimate of drug-likeness (QED) is 0.711. The van der Waals surface area contributed by atoms with E-state index in [1.165, 1.54) is 0 Å². The first-order valence-electron chi connectivity index (χ1n) is 7.15. The number of nitrogens with two attached hydrogens (primary N) is 2. The van der Waals surface area contributed by atoms with Gasteiger partial charge in [0.15, 0.2) is 0 Å². The van der Waals surface area contributed by atoms with Crippen molar-refractivity contribution in [2.75, 3.05) is 11.5 Å². The van der Waals surface area contributed by atoms with Crippen molar-refractivity contribution in [3.8, 4) is 16.9 Å². The summed E-state index contributed by atoms with van der Waals surface area (Å²) in [6, 6.07) is 23.4. The van der Waals surface area contributed by atoms with Crippen LogP contribution in [-0.4, -0.2) is 0 Å². The maximum Gasteiger partial charge on any atom is 0.129 e. The summed E-state index contributed by atoms with van der Waals surface area (Å²) in [7, 11) is 0. The van der Waals surface area contributed by atoms with E-state index >= 15 is 0 Å². The van der Waals surface area contributed by atoms with Crippen molar-refractivity contribution in [3.05, 3.63) is 78.4 Å². The Labute approximate surface area is 130 Å². The second-order valence-corrected chi connectivity index (χ2v) is 5.12. The van der Waals surface area contributed by atoms with E-state index in [9.17, 15) is 0 Å². The zero-order valence-electron chi connectivity index (χ0n) is 12.2. The Hall–Kier alpha value is -2.94. The van der Waals surface area contributed by atoms with Gasteiger partial charge < -0.3 is 16.2 Å². The minimum absolute atomic E-state index is 0.506. The minimum atomic E-state index is 0.506. The van der Waals surface area contributed by atoms with Gasteiger partial charge in [0, 0.05) is 16.9 Å². The standard InChI is InChI=1S/C19H18N2O/c20-16-11-9-15(10-12-16)19-17(21)7-4-8-18(19)22-13-14-5-2-1-3-6-14/h1-12H,13,20-21H2. The molecule has 3 heteroatoms. The fourth-order valence-corrected chi connectivity index (χ4v) is 2.36. The van der Waals surface area contributed by atoms with Crippen molar-refractivity contribution in [1.29, 1.82) is 0 Å². The number of hydrogen-bond donors (Lipinski definition) is 2. The van der Waals surface area contributed by atoms with Crippen molar-refractivity contribution < 1.29 is 4.74 Å². The number of hydrogen-bond acceptors (Lipinski definition) is 3. The normalized spacial score (nSPS) is 10.4. The topological polar surface area (TPSA) is 61.3 Å². The molecule has 22 heavy (non-hydrogen) atoms. The van der Waals surface area contributed by atoms with Gasteiger partial charge in [-0.1, -0.05) is 48.5 Å². The number of ether oxygens (including phenoxy) is 1. The second kappa shape index (κ2) is 6.22. The van der Waals surface area contributed by atoms with Crippen LogP contribution >= 0.6 is 0 Å². The predicted molar refractivity (Wildman–Crippen MR) is 91.5 cm³/mol. The molecule has 0 aliphatic rings. The first-order valence-corrected chi connectivity index (χ1v) is 7.15. The van der Waals surface area contributed by atoms with Crippen LogP contribution in [0.15, 0.2) is 72.8 Å². The van der Waals surface area contributed by atoms with Crippen molar-refractivity contribution in [1.82, 2.24) is 0 Å². The highest BCUT2D eigenvalue weighted by atomic mass is 16.5. The highest BCUT2D eigenvalue weighted by Gasteiger charge is 2.10. The average molecular weight is 290 g/mol. The van der Waals surface area contributed by atoms with Gasteiger partial charge >= 0.3 is 0 Å². The Morgan fingerprint density at radius 3 is 2.18 bits per heavy atom. The summed E-state index contributed by atoms with van der Waals surface area (Å²) in [6.45, 7) is 0.506. The van der Waals surface area contributed by atoms with Gasteiger partial charge in [0.05, 0.1) is 0 Å². The molecule has 0 radical (unpaired) electrons. The van der Waals surface area contributed by atoms with Crippen LogP contribution < -0.4 is 16.2 Å². The summed E-state index contributed by atoms with van der Waals surface area (Å²) in [5.41, 5.74) is 16.3. The Morgan fingerprint density at radius 2 is 1.45 bits per heavy atom. The van der Waals surface area contributed by atoms with E-state index in [1.807, 2.05) is 72.8 Å². The molecule has 3 aromatic carbocycles. The van der Waals surface area contributed by atoms with Crippen LogP contribution in [0.1, 0.15) is 5.56 Å². The van der Waals surface area contributed by atoms with E-state index in [0.717, 1.165) is 28.1 Å². The van der Waals surface area contributed by atoms with Crippen molar-refractivity contribution in [3.63, 3.8) is 0 Å². The van der Waals surface area contributed by atoms with Crippen LogP contribution in [0.3, 0.4) is 0 Å². The van der Waals surface area contributed by atoms with Gasteiger partial charge in [-0.2, -0.15) is 0 Å². The summed E-state index contributed by atoms with van der Waals surface area (Å²) >= 11 is 0. The van der Waals surface area contributed by atoms with Crippen LogP contribution in [0, 0.1) is 0 Å². The summed E-state index contributed by atoms with van der Waals surface area (Å²) in [4.78, 5) is 0. The van der Waals surface area contributed by atoms with Gasteiger partial charge in [-0.3, -0.25) is 0 Å². The van der Waals surface area contributed by atoms with Crippen LogP contribution in [0.2, 0.25) is 0 Å². The number of anilines is 2. The second-order valence-electron chi connectivity index (χ2n) is 5.12. The van der Waals surface area contributed by atoms with Crippen molar-refractivity contribution in [2.24, 2.45) is 0 Å². The molecular weight excluding hydrogens is 272 g/mol. The zero-order chi connectivity index (χ0) is 15.4. The minimum Gasteiger partial charge on any atom is -0.488 e. The van der Waals surface area contributed by atoms with Gasteiger partial charge in [-0.05, 0) is 35.4 Å². The van der Waals surface area contributed by atoms with Crippen LogP contribution in [0.5, 0.6) is 5.75 Å². The molecule has 0 amide bonds. The molecule has 0 bridgehead atoms. The lowest BCUT2D eigenvalue weighted by Gasteiger charge is -2.14. The highest BCUT2D eigenvalue weighted by molar-refractivity contribution is 5.82. The molecule has 0 spiro atoms. The first-order chi connectivity index (χ1) is 10.7. The Bertz CT molecular complexity index is 752. The maximum absolute atomic E-state index is 6.15. The van der Waals surface area contributed by atoms with E-state index < -0.39 is 0 Å². The predicted octanol–water partition coefficient (Wildman–Crippen LogP) is 4.10. The molecule has 0 atom stereocenters. The first kappa shape index (κ1) is 14.0. The lowest BCUT2D eigenvalue weighted by molar-refractivity contribution is 0.307. The fraction of sp³-hybridized carbons (Fsp3) is 0.0526. The highest BCUT2D eigenvalue weighted by Crippen LogP contribution is 2.35. The summed E-state index contributed by atoms with van der Waals surface area (Å²) < 4.78 is 5.98. The molecule has 0 fully saturated rings. The van der Waals surface area contributed by atoms with E-state index in [0.29, 0.717) is 12.3 Å². The third-order valence-electron chi connectivity index (χ3n) is 3.49. The maximum atomic E-state index is 6.15. The largest absolute Gasteiger partial charge is 0.488 e. The summed E-state index contributed by atoms with van der Waals surface area (Å²) in [5.74, 6) is 0.772. The molecule has 3 rings (SSSR count). The Balaban J connectivity index is 1.91. The van der Waals surface area contributed by atoms with Gasteiger partial charge in [0.2, 0.25) is 0 Å². The van der Waals surface area contributed by atoms with Crippen LogP contribution in [0.4, 0.5) is 11.4 Å². The molecular formula is C19H18N2O. The van der Waals surface area contributed by atoms with E-state index in [2.05, 4.69) is 0 Å². The van der Waals surface area contributed by atoms with E-state index in [-0.39, 0.29) is 0 Å². The van der Waals surface area contributed by atoms with Crippen LogP contribution in [-0.2, 0) is 6.61 Å². The van der Waals surface area contributed by atoms with Gasteiger partial charge in [-0.15, -0.1) is 0 Å². The van der Waals surface area contributed by atoms with Gasteiger partial charge in [0.25, 0.3) is 0 Å². The molecule has 110 valence electrons. The van der Waals surface area contributed by atoms with E-state index in [4.69, 9.17) is 16.2 Å². The Morgan fingerprint density at radius 1 is 0.727 bits per heavy atom. The molecule has 0 saturated heterocycles. The van der Waals surface area contributed by atoms with Crippen LogP contribution in [0.25, 0.3) is 11.1 Å². The fourth-order valence-electron chi connectivity index (χ4n) is 2.36.